The Balaban J connectivity index is 1.62. The molecular weight excluding hydrogens is 376 g/mol. The monoisotopic (exact) mass is 394 g/mol. The van der Waals surface area contributed by atoms with Crippen LogP contribution in [0.4, 0.5) is 11.4 Å². The van der Waals surface area contributed by atoms with Crippen molar-refractivity contribution in [3.8, 4) is 17.4 Å². The number of hydrogen-bond acceptors (Lipinski definition) is 4. The predicted molar refractivity (Wildman–Crippen MR) is 117 cm³/mol. The van der Waals surface area contributed by atoms with Crippen LogP contribution < -0.4 is 4.90 Å². The Kier molecular flexibility index (Phi) is 5.06. The summed E-state index contributed by atoms with van der Waals surface area (Å²) in [6.07, 6.45) is 1.33. The molecule has 5 nitrogen and oxygen atoms in total. The summed E-state index contributed by atoms with van der Waals surface area (Å²) in [6.45, 7) is 0. The number of carboxylic acids is 1. The summed E-state index contributed by atoms with van der Waals surface area (Å²) in [4.78, 5) is 13.1. The van der Waals surface area contributed by atoms with Gasteiger partial charge >= 0.3 is 5.97 Å². The fraction of sp³-hybridized carbons (Fsp3) is 0.0400. The topological polar surface area (TPSA) is 77.5 Å². The van der Waals surface area contributed by atoms with Gasteiger partial charge in [0.2, 0.25) is 0 Å². The molecule has 4 rings (SSSR count). The van der Waals surface area contributed by atoms with E-state index in [0.717, 1.165) is 28.1 Å². The van der Waals surface area contributed by atoms with Crippen molar-refractivity contribution in [1.82, 2.24) is 0 Å². The number of aliphatic carboxylic acids is 1. The van der Waals surface area contributed by atoms with E-state index in [1.165, 1.54) is 6.08 Å². The molecule has 0 bridgehead atoms. The van der Waals surface area contributed by atoms with Crippen molar-refractivity contribution >= 4 is 34.4 Å². The normalized spacial score (nSPS) is 11.3. The van der Waals surface area contributed by atoms with Crippen LogP contribution in [0, 0.1) is 11.3 Å². The molecule has 1 N–H and O–H groups in total. The summed E-state index contributed by atoms with van der Waals surface area (Å²) in [5.74, 6) is -0.530. The Morgan fingerprint density at radius 2 is 1.70 bits per heavy atom. The first-order valence-electron chi connectivity index (χ1n) is 9.33. The number of carboxylic acid groups (broad SMARTS) is 1. The molecule has 1 heterocycles. The standard InChI is InChI=1S/C25H18N2O3/c1-27(21-5-3-2-4-6-21)22-11-9-18(10-12-22)24-15-19-8-7-17(14-23(19)30-24)13-20(16-26)25(28)29/h2-15H,1H3,(H,28,29). The van der Waals surface area contributed by atoms with Gasteiger partial charge in [-0.2, -0.15) is 5.26 Å². The number of nitriles is 1. The third-order valence-electron chi connectivity index (χ3n) is 4.89. The van der Waals surface area contributed by atoms with Gasteiger partial charge in [0.25, 0.3) is 0 Å². The van der Waals surface area contributed by atoms with Crippen molar-refractivity contribution in [1.29, 1.82) is 5.26 Å². The van der Waals surface area contributed by atoms with Crippen LogP contribution in [0.15, 0.2) is 88.9 Å². The van der Waals surface area contributed by atoms with Crippen LogP contribution in [0.25, 0.3) is 28.4 Å². The van der Waals surface area contributed by atoms with E-state index in [-0.39, 0.29) is 5.57 Å². The SMILES string of the molecule is CN(c1ccccc1)c1ccc(-c2cc3ccc(C=C(C#N)C(=O)O)cc3o2)cc1. The molecule has 1 aromatic heterocycles. The number of fused-ring (bicyclic) bond motifs is 1. The van der Waals surface area contributed by atoms with Gasteiger partial charge in [-0.1, -0.05) is 30.3 Å². The molecule has 30 heavy (non-hydrogen) atoms. The number of furan rings is 1. The van der Waals surface area contributed by atoms with E-state index in [1.54, 1.807) is 18.2 Å². The fourth-order valence-corrected chi connectivity index (χ4v) is 3.24. The zero-order valence-corrected chi connectivity index (χ0v) is 16.2. The molecule has 0 spiro atoms. The van der Waals surface area contributed by atoms with Crippen molar-refractivity contribution in [2.45, 2.75) is 0 Å². The first kappa shape index (κ1) is 19.0. The van der Waals surface area contributed by atoms with Crippen molar-refractivity contribution in [2.24, 2.45) is 0 Å². The van der Waals surface area contributed by atoms with Crippen LogP contribution in [0.5, 0.6) is 0 Å². The van der Waals surface area contributed by atoms with E-state index < -0.39 is 5.97 Å². The Labute approximate surface area is 173 Å². The molecular formula is C25H18N2O3. The van der Waals surface area contributed by atoms with Crippen molar-refractivity contribution in [2.75, 3.05) is 11.9 Å². The molecule has 3 aromatic carbocycles. The van der Waals surface area contributed by atoms with Crippen molar-refractivity contribution in [3.63, 3.8) is 0 Å². The van der Waals surface area contributed by atoms with E-state index in [0.29, 0.717) is 11.1 Å². The quantitative estimate of drug-likeness (QED) is 0.339. The van der Waals surface area contributed by atoms with Gasteiger partial charge in [-0.05, 0) is 60.2 Å². The molecule has 0 radical (unpaired) electrons. The lowest BCUT2D eigenvalue weighted by molar-refractivity contribution is -0.132. The number of nitrogens with zero attached hydrogens (tertiary/aromatic N) is 2. The molecule has 0 aliphatic carbocycles. The second kappa shape index (κ2) is 7.98. The second-order valence-corrected chi connectivity index (χ2v) is 6.82. The van der Waals surface area contributed by atoms with Gasteiger partial charge in [0, 0.05) is 29.4 Å². The van der Waals surface area contributed by atoms with Crippen molar-refractivity contribution < 1.29 is 14.3 Å². The molecule has 5 heteroatoms. The Bertz CT molecular complexity index is 1280. The van der Waals surface area contributed by atoms with E-state index >= 15 is 0 Å². The maximum Gasteiger partial charge on any atom is 0.346 e. The molecule has 0 aliphatic rings. The van der Waals surface area contributed by atoms with Crippen LogP contribution in [0.2, 0.25) is 0 Å². The van der Waals surface area contributed by atoms with E-state index in [2.05, 4.69) is 17.0 Å². The Hall–Kier alpha value is -4.30. The largest absolute Gasteiger partial charge is 0.477 e. The molecule has 0 amide bonds. The van der Waals surface area contributed by atoms with Crippen LogP contribution in [-0.4, -0.2) is 18.1 Å². The molecule has 0 unspecified atom stereocenters. The third-order valence-corrected chi connectivity index (χ3v) is 4.89. The number of para-hydroxylation sites is 1. The summed E-state index contributed by atoms with van der Waals surface area (Å²) < 4.78 is 5.98. The molecule has 0 aliphatic heterocycles. The number of benzene rings is 3. The van der Waals surface area contributed by atoms with Gasteiger partial charge in [0.15, 0.2) is 0 Å². The zero-order chi connectivity index (χ0) is 21.1. The minimum atomic E-state index is -1.25. The highest BCUT2D eigenvalue weighted by molar-refractivity contribution is 5.97. The summed E-state index contributed by atoms with van der Waals surface area (Å²) in [5.41, 5.74) is 4.02. The average Bonchev–Trinajstić information content (AvgIpc) is 3.21. The number of rotatable bonds is 5. The maximum atomic E-state index is 11.0. The van der Waals surface area contributed by atoms with Crippen LogP contribution in [0.3, 0.4) is 0 Å². The van der Waals surface area contributed by atoms with E-state index in [4.69, 9.17) is 14.8 Å². The smallest absolute Gasteiger partial charge is 0.346 e. The third kappa shape index (κ3) is 3.80. The lowest BCUT2D eigenvalue weighted by Gasteiger charge is -2.19. The van der Waals surface area contributed by atoms with Gasteiger partial charge in [-0.25, -0.2) is 4.79 Å². The fourth-order valence-electron chi connectivity index (χ4n) is 3.24. The van der Waals surface area contributed by atoms with Gasteiger partial charge < -0.3 is 14.4 Å². The minimum Gasteiger partial charge on any atom is -0.477 e. The molecule has 0 atom stereocenters. The lowest BCUT2D eigenvalue weighted by atomic mass is 10.1. The number of carbonyl (C=O) groups is 1. The lowest BCUT2D eigenvalue weighted by Crippen LogP contribution is -2.08. The molecule has 0 saturated carbocycles. The Morgan fingerprint density at radius 3 is 2.37 bits per heavy atom. The minimum absolute atomic E-state index is 0.320. The van der Waals surface area contributed by atoms with Crippen molar-refractivity contribution in [3.05, 3.63) is 90.0 Å². The van der Waals surface area contributed by atoms with E-state index in [1.807, 2.05) is 61.6 Å². The summed E-state index contributed by atoms with van der Waals surface area (Å²) in [6, 6.07) is 27.2. The van der Waals surface area contributed by atoms with Gasteiger partial charge in [-0.15, -0.1) is 0 Å². The molecule has 0 fully saturated rings. The van der Waals surface area contributed by atoms with Gasteiger partial charge in [-0.3, -0.25) is 0 Å². The highest BCUT2D eigenvalue weighted by Crippen LogP contribution is 2.31. The highest BCUT2D eigenvalue weighted by atomic mass is 16.4. The van der Waals surface area contributed by atoms with Gasteiger partial charge in [0.05, 0.1) is 0 Å². The molecule has 4 aromatic rings. The first-order valence-corrected chi connectivity index (χ1v) is 9.33. The second-order valence-electron chi connectivity index (χ2n) is 6.82. The number of hydrogen-bond donors (Lipinski definition) is 1. The predicted octanol–water partition coefficient (Wildman–Crippen LogP) is 5.86. The highest BCUT2D eigenvalue weighted by Gasteiger charge is 2.10. The molecule has 146 valence electrons. The van der Waals surface area contributed by atoms with Crippen LogP contribution >= 0.6 is 0 Å². The molecule has 0 saturated heterocycles. The average molecular weight is 394 g/mol. The zero-order valence-electron chi connectivity index (χ0n) is 16.2. The maximum absolute atomic E-state index is 11.0. The van der Waals surface area contributed by atoms with Crippen LogP contribution in [-0.2, 0) is 4.79 Å². The van der Waals surface area contributed by atoms with E-state index in [9.17, 15) is 4.79 Å². The van der Waals surface area contributed by atoms with Gasteiger partial charge in [0.1, 0.15) is 23.0 Å². The summed E-state index contributed by atoms with van der Waals surface area (Å²) in [7, 11) is 2.02. The van der Waals surface area contributed by atoms with Crippen LogP contribution in [0.1, 0.15) is 5.56 Å². The number of anilines is 2. The Morgan fingerprint density at radius 1 is 1.00 bits per heavy atom. The first-order chi connectivity index (χ1) is 14.5. The summed E-state index contributed by atoms with van der Waals surface area (Å²) in [5, 5.41) is 18.9. The summed E-state index contributed by atoms with van der Waals surface area (Å²) >= 11 is 0.